The summed E-state index contributed by atoms with van der Waals surface area (Å²) in [6.45, 7) is 0. The summed E-state index contributed by atoms with van der Waals surface area (Å²) < 4.78 is 4.69. The molecule has 1 atom stereocenters. The monoisotopic (exact) mass is 399 g/mol. The first-order chi connectivity index (χ1) is 12.3. The van der Waals surface area contributed by atoms with Crippen molar-refractivity contribution >= 4 is 41.0 Å². The van der Waals surface area contributed by atoms with Crippen LogP contribution in [0.15, 0.2) is 29.3 Å². The van der Waals surface area contributed by atoms with Crippen LogP contribution >= 0.6 is 23.2 Å². The Kier molecular flexibility index (Phi) is 7.06. The second kappa shape index (κ2) is 9.05. The maximum absolute atomic E-state index is 12.7. The second-order valence-electron chi connectivity index (χ2n) is 5.92. The van der Waals surface area contributed by atoms with Gasteiger partial charge in [-0.05, 0) is 37.3 Å². The molecule has 0 heterocycles. The Morgan fingerprint density at radius 3 is 2.46 bits per heavy atom. The van der Waals surface area contributed by atoms with E-state index in [1.807, 2.05) is 0 Å². The normalized spacial score (nSPS) is 15.3. The third kappa shape index (κ3) is 4.77. The summed E-state index contributed by atoms with van der Waals surface area (Å²) in [4.78, 5) is 35.9. The molecular weight excluding hydrogens is 381 g/mol. The fourth-order valence-electron chi connectivity index (χ4n) is 2.92. The third-order valence-electron chi connectivity index (χ3n) is 4.26. The van der Waals surface area contributed by atoms with E-state index in [-0.39, 0.29) is 27.6 Å². The molecule has 2 rings (SSSR count). The first kappa shape index (κ1) is 20.3. The number of methoxy groups -OCH3 is 1. The number of carboxylic acid groups (broad SMARTS) is 1. The molecular formula is C18H19Cl2NO5. The quantitative estimate of drug-likeness (QED) is 0.711. The van der Waals surface area contributed by atoms with Crippen LogP contribution in [0, 0.1) is 0 Å². The maximum Gasteiger partial charge on any atom is 0.332 e. The fraction of sp³-hybridized carbons (Fsp3) is 0.389. The molecule has 0 aromatic heterocycles. The average Bonchev–Trinajstić information content (AvgIpc) is 2.63. The Morgan fingerprint density at radius 1 is 1.19 bits per heavy atom. The molecule has 0 saturated heterocycles. The van der Waals surface area contributed by atoms with E-state index in [1.54, 1.807) is 18.2 Å². The lowest BCUT2D eigenvalue weighted by Gasteiger charge is -2.23. The van der Waals surface area contributed by atoms with Crippen molar-refractivity contribution in [2.75, 3.05) is 7.11 Å². The number of carbonyl (C=O) groups excluding carboxylic acids is 2. The van der Waals surface area contributed by atoms with Gasteiger partial charge in [-0.15, -0.1) is 0 Å². The van der Waals surface area contributed by atoms with Crippen molar-refractivity contribution in [1.29, 1.82) is 0 Å². The molecule has 1 amide bonds. The van der Waals surface area contributed by atoms with E-state index in [4.69, 9.17) is 23.2 Å². The highest BCUT2D eigenvalue weighted by Crippen LogP contribution is 2.32. The van der Waals surface area contributed by atoms with Crippen LogP contribution in [0.5, 0.6) is 0 Å². The molecule has 140 valence electrons. The zero-order valence-corrected chi connectivity index (χ0v) is 15.7. The average molecular weight is 400 g/mol. The number of nitrogens with one attached hydrogen (secondary N) is 1. The predicted molar refractivity (Wildman–Crippen MR) is 97.1 cm³/mol. The summed E-state index contributed by atoms with van der Waals surface area (Å²) in [7, 11) is 1.24. The first-order valence-corrected chi connectivity index (χ1v) is 8.87. The molecule has 26 heavy (non-hydrogen) atoms. The predicted octanol–water partition coefficient (Wildman–Crippen LogP) is 3.67. The largest absolute Gasteiger partial charge is 0.478 e. The maximum atomic E-state index is 12.7. The first-order valence-electron chi connectivity index (χ1n) is 8.12. The number of esters is 1. The zero-order chi connectivity index (χ0) is 19.3. The van der Waals surface area contributed by atoms with Crippen LogP contribution in [-0.4, -0.2) is 30.1 Å². The number of amides is 1. The van der Waals surface area contributed by atoms with E-state index < -0.39 is 23.9 Å². The molecule has 8 heteroatoms. The number of hydrogen-bond acceptors (Lipinski definition) is 4. The van der Waals surface area contributed by atoms with Gasteiger partial charge in [0, 0.05) is 11.1 Å². The molecule has 1 aromatic carbocycles. The van der Waals surface area contributed by atoms with Crippen LogP contribution in [0.3, 0.4) is 0 Å². The van der Waals surface area contributed by atoms with Gasteiger partial charge in [-0.3, -0.25) is 9.59 Å². The summed E-state index contributed by atoms with van der Waals surface area (Å²) in [5.41, 5.74) is 0.811. The van der Waals surface area contributed by atoms with Gasteiger partial charge in [-0.2, -0.15) is 0 Å². The van der Waals surface area contributed by atoms with Crippen LogP contribution in [0.1, 0.15) is 43.7 Å². The van der Waals surface area contributed by atoms with Crippen molar-refractivity contribution in [3.8, 4) is 0 Å². The number of aliphatic carboxylic acids is 1. The van der Waals surface area contributed by atoms with Gasteiger partial charge in [0.2, 0.25) is 5.91 Å². The molecule has 0 radical (unpaired) electrons. The lowest BCUT2D eigenvalue weighted by molar-refractivity contribution is -0.141. The van der Waals surface area contributed by atoms with E-state index in [0.29, 0.717) is 18.4 Å². The van der Waals surface area contributed by atoms with Crippen molar-refractivity contribution in [2.45, 2.75) is 38.1 Å². The second-order valence-corrected chi connectivity index (χ2v) is 6.70. The molecule has 1 aliphatic carbocycles. The van der Waals surface area contributed by atoms with Crippen molar-refractivity contribution in [2.24, 2.45) is 0 Å². The lowest BCUT2D eigenvalue weighted by Crippen LogP contribution is -2.33. The van der Waals surface area contributed by atoms with Crippen LogP contribution in [0.4, 0.5) is 0 Å². The van der Waals surface area contributed by atoms with Crippen molar-refractivity contribution < 1.29 is 24.2 Å². The highest BCUT2D eigenvalue weighted by Gasteiger charge is 2.27. The Balaban J connectivity index is 2.34. The van der Waals surface area contributed by atoms with Gasteiger partial charge in [0.05, 0.1) is 29.6 Å². The summed E-state index contributed by atoms with van der Waals surface area (Å²) in [6.07, 6.45) is 2.03. The molecule has 1 aliphatic rings. The minimum absolute atomic E-state index is 0.114. The van der Waals surface area contributed by atoms with Gasteiger partial charge in [0.25, 0.3) is 0 Å². The fourth-order valence-corrected chi connectivity index (χ4v) is 3.36. The number of ether oxygens (including phenoxy) is 1. The smallest absolute Gasteiger partial charge is 0.332 e. The standard InChI is InChI=1S/C18H19Cl2NO5/c1-26-15(22)9-14(12-7-4-8-13(19)16(12)20)21-17(23)10-5-2-3-6-11(10)18(24)25/h4,7-8,14H,2-3,5-6,9H2,1H3,(H,21,23)(H,24,25). The Morgan fingerprint density at radius 2 is 1.85 bits per heavy atom. The minimum Gasteiger partial charge on any atom is -0.478 e. The third-order valence-corrected chi connectivity index (χ3v) is 5.09. The van der Waals surface area contributed by atoms with Gasteiger partial charge < -0.3 is 15.2 Å². The van der Waals surface area contributed by atoms with Crippen LogP contribution in [0.2, 0.25) is 10.0 Å². The highest BCUT2D eigenvalue weighted by atomic mass is 35.5. The molecule has 6 nitrogen and oxygen atoms in total. The van der Waals surface area contributed by atoms with Crippen molar-refractivity contribution in [3.63, 3.8) is 0 Å². The Labute approximate surface area is 161 Å². The minimum atomic E-state index is -1.10. The lowest BCUT2D eigenvalue weighted by atomic mass is 9.90. The molecule has 0 spiro atoms. The van der Waals surface area contributed by atoms with E-state index in [1.165, 1.54) is 7.11 Å². The molecule has 0 saturated carbocycles. The van der Waals surface area contributed by atoms with Gasteiger partial charge in [0.15, 0.2) is 0 Å². The van der Waals surface area contributed by atoms with Gasteiger partial charge in [-0.25, -0.2) is 4.79 Å². The van der Waals surface area contributed by atoms with Gasteiger partial charge in [-0.1, -0.05) is 35.3 Å². The zero-order valence-electron chi connectivity index (χ0n) is 14.2. The molecule has 0 aliphatic heterocycles. The van der Waals surface area contributed by atoms with Crippen LogP contribution < -0.4 is 5.32 Å². The summed E-state index contributed by atoms with van der Waals surface area (Å²) in [5, 5.41) is 12.5. The van der Waals surface area contributed by atoms with Crippen molar-refractivity contribution in [1.82, 2.24) is 5.32 Å². The van der Waals surface area contributed by atoms with Crippen LogP contribution in [0.25, 0.3) is 0 Å². The highest BCUT2D eigenvalue weighted by molar-refractivity contribution is 6.42. The van der Waals surface area contributed by atoms with E-state index in [9.17, 15) is 19.5 Å². The Bertz CT molecular complexity index is 760. The number of benzene rings is 1. The summed E-state index contributed by atoms with van der Waals surface area (Å²) in [5.74, 6) is -2.16. The molecule has 0 fully saturated rings. The molecule has 0 bridgehead atoms. The number of carboxylic acids is 1. The van der Waals surface area contributed by atoms with Gasteiger partial charge >= 0.3 is 11.9 Å². The van der Waals surface area contributed by atoms with Crippen molar-refractivity contribution in [3.05, 3.63) is 45.0 Å². The summed E-state index contributed by atoms with van der Waals surface area (Å²) in [6, 6.07) is 4.11. The van der Waals surface area contributed by atoms with Gasteiger partial charge in [0.1, 0.15) is 0 Å². The number of rotatable bonds is 6. The molecule has 1 unspecified atom stereocenters. The Hall–Kier alpha value is -2.05. The number of hydrogen-bond donors (Lipinski definition) is 2. The number of halogens is 2. The van der Waals surface area contributed by atoms with E-state index in [2.05, 4.69) is 10.1 Å². The molecule has 1 aromatic rings. The molecule has 2 N–H and O–H groups in total. The topological polar surface area (TPSA) is 92.7 Å². The van der Waals surface area contributed by atoms with Crippen LogP contribution in [-0.2, 0) is 19.1 Å². The van der Waals surface area contributed by atoms with E-state index in [0.717, 1.165) is 12.8 Å². The summed E-state index contributed by atoms with van der Waals surface area (Å²) >= 11 is 12.3. The SMILES string of the molecule is COC(=O)CC(NC(=O)C1=C(C(=O)O)CCCC1)c1cccc(Cl)c1Cl. The number of carbonyl (C=O) groups is 3. The van der Waals surface area contributed by atoms with E-state index >= 15 is 0 Å².